The van der Waals surface area contributed by atoms with E-state index < -0.39 is 0 Å². The molecule has 7 aromatic carbocycles. The maximum atomic E-state index is 6.62. The second kappa shape index (κ2) is 10.7. The maximum absolute atomic E-state index is 6.62. The summed E-state index contributed by atoms with van der Waals surface area (Å²) in [6, 6.07) is 54.8. The first-order valence-corrected chi connectivity index (χ1v) is 16.8. The van der Waals surface area contributed by atoms with Crippen LogP contribution in [0, 0.1) is 0 Å². The summed E-state index contributed by atoms with van der Waals surface area (Å²) in [6.07, 6.45) is 0. The lowest BCUT2D eigenvalue weighted by Crippen LogP contribution is -2.10. The smallest absolute Gasteiger partial charge is 0.227 e. The molecular weight excluding hydrogens is 609 g/mol. The van der Waals surface area contributed by atoms with E-state index in [9.17, 15) is 0 Å². The first-order chi connectivity index (χ1) is 23.8. The molecule has 0 spiro atoms. The van der Waals surface area contributed by atoms with Crippen molar-refractivity contribution in [2.75, 3.05) is 4.90 Å². The second-order valence-corrected chi connectivity index (χ2v) is 13.0. The number of fused-ring (bicyclic) bond motifs is 8. The number of oxazole rings is 1. The second-order valence-electron chi connectivity index (χ2n) is 11.9. The average molecular weight is 635 g/mol. The van der Waals surface area contributed by atoms with Crippen LogP contribution in [-0.2, 0) is 0 Å². The number of hydrogen-bond acceptors (Lipinski definition) is 5. The number of anilines is 3. The Kier molecular flexibility index (Phi) is 6.01. The molecule has 0 aliphatic heterocycles. The molecule has 0 radical (unpaired) electrons. The Morgan fingerprint density at radius 2 is 1.17 bits per heavy atom. The van der Waals surface area contributed by atoms with Crippen LogP contribution in [0.25, 0.3) is 75.8 Å². The summed E-state index contributed by atoms with van der Waals surface area (Å²) in [4.78, 5) is 7.47. The van der Waals surface area contributed by atoms with Gasteiger partial charge in [0.25, 0.3) is 0 Å². The van der Waals surface area contributed by atoms with Crippen LogP contribution in [0.3, 0.4) is 0 Å². The Hall–Kier alpha value is -6.17. The van der Waals surface area contributed by atoms with Gasteiger partial charge in [0.2, 0.25) is 5.89 Å². The molecule has 226 valence electrons. The Morgan fingerprint density at radius 1 is 0.500 bits per heavy atom. The number of furan rings is 1. The lowest BCUT2D eigenvalue weighted by Gasteiger charge is -2.27. The first-order valence-electron chi connectivity index (χ1n) is 16.0. The summed E-state index contributed by atoms with van der Waals surface area (Å²) < 4.78 is 15.4. The van der Waals surface area contributed by atoms with Gasteiger partial charge in [-0.15, -0.1) is 11.3 Å². The summed E-state index contributed by atoms with van der Waals surface area (Å²) in [6.45, 7) is 0. The van der Waals surface area contributed by atoms with Crippen molar-refractivity contribution in [2.24, 2.45) is 0 Å². The number of nitrogens with zero attached hydrogens (tertiary/aromatic N) is 2. The van der Waals surface area contributed by atoms with Gasteiger partial charge in [0.05, 0.1) is 21.5 Å². The molecule has 5 heteroatoms. The maximum Gasteiger partial charge on any atom is 0.227 e. The topological polar surface area (TPSA) is 42.4 Å². The predicted molar refractivity (Wildman–Crippen MR) is 200 cm³/mol. The lowest BCUT2D eigenvalue weighted by atomic mass is 10.0. The van der Waals surface area contributed by atoms with Crippen LogP contribution < -0.4 is 4.90 Å². The molecule has 0 amide bonds. The molecule has 4 nitrogen and oxygen atoms in total. The van der Waals surface area contributed by atoms with Crippen molar-refractivity contribution < 1.29 is 8.83 Å². The minimum atomic E-state index is 0.612. The van der Waals surface area contributed by atoms with E-state index in [4.69, 9.17) is 13.8 Å². The highest BCUT2D eigenvalue weighted by Crippen LogP contribution is 2.50. The summed E-state index contributed by atoms with van der Waals surface area (Å²) in [7, 11) is 0. The highest BCUT2D eigenvalue weighted by molar-refractivity contribution is 7.26. The zero-order valence-electron chi connectivity index (χ0n) is 25.6. The largest absolute Gasteiger partial charge is 0.456 e. The van der Waals surface area contributed by atoms with Crippen molar-refractivity contribution >= 4 is 81.6 Å². The van der Waals surface area contributed by atoms with E-state index in [0.29, 0.717) is 5.89 Å². The number of aromatic nitrogens is 1. The fourth-order valence-corrected chi connectivity index (χ4v) is 8.12. The minimum absolute atomic E-state index is 0.612. The third-order valence-electron chi connectivity index (χ3n) is 9.10. The molecule has 0 saturated heterocycles. The number of hydrogen-bond donors (Lipinski definition) is 0. The van der Waals surface area contributed by atoms with Crippen molar-refractivity contribution in [1.82, 2.24) is 4.98 Å². The monoisotopic (exact) mass is 634 g/mol. The number of rotatable bonds is 5. The molecule has 0 unspecified atom stereocenters. The van der Waals surface area contributed by atoms with E-state index in [1.165, 1.54) is 10.3 Å². The Labute approximate surface area is 279 Å². The molecule has 0 bridgehead atoms. The van der Waals surface area contributed by atoms with Gasteiger partial charge >= 0.3 is 0 Å². The summed E-state index contributed by atoms with van der Waals surface area (Å²) in [5, 5.41) is 4.38. The average Bonchev–Trinajstić information content (AvgIpc) is 3.86. The van der Waals surface area contributed by atoms with Crippen molar-refractivity contribution in [3.05, 3.63) is 158 Å². The van der Waals surface area contributed by atoms with Crippen LogP contribution in [0.4, 0.5) is 17.1 Å². The van der Waals surface area contributed by atoms with E-state index in [1.54, 1.807) is 11.3 Å². The van der Waals surface area contributed by atoms with E-state index in [2.05, 4.69) is 120 Å². The van der Waals surface area contributed by atoms with Gasteiger partial charge in [0, 0.05) is 32.1 Å². The zero-order valence-corrected chi connectivity index (χ0v) is 26.4. The van der Waals surface area contributed by atoms with Crippen molar-refractivity contribution in [1.29, 1.82) is 0 Å². The molecule has 0 aliphatic carbocycles. The summed E-state index contributed by atoms with van der Waals surface area (Å²) in [5.74, 6) is 0.612. The lowest BCUT2D eigenvalue weighted by molar-refractivity contribution is 0.623. The van der Waals surface area contributed by atoms with Gasteiger partial charge in [-0.05, 0) is 65.7 Å². The van der Waals surface area contributed by atoms with E-state index in [0.717, 1.165) is 76.7 Å². The van der Waals surface area contributed by atoms with Crippen LogP contribution >= 0.6 is 11.3 Å². The Balaban J connectivity index is 1.30. The molecule has 10 aromatic rings. The zero-order chi connectivity index (χ0) is 31.6. The van der Waals surface area contributed by atoms with Crippen molar-refractivity contribution in [3.63, 3.8) is 0 Å². The standard InChI is InChI=1S/C43H26N2O2S/c1-3-12-27(13-4-1)28-22-24-30(25-23-28)45(34-18-11-20-37-39(34)31-16-7-9-19-36(31)46-37)35-26-33-41(47-43(44-33)29-14-5-2-6-15-29)40-32-17-8-10-21-38(32)48-42(35)40/h1-26H. The molecular formula is C43H26N2O2S. The van der Waals surface area contributed by atoms with E-state index in [-0.39, 0.29) is 0 Å². The molecule has 0 aliphatic rings. The highest BCUT2D eigenvalue weighted by atomic mass is 32.1. The van der Waals surface area contributed by atoms with Crippen LogP contribution in [0.1, 0.15) is 0 Å². The van der Waals surface area contributed by atoms with Crippen molar-refractivity contribution in [3.8, 4) is 22.6 Å². The van der Waals surface area contributed by atoms with Crippen LogP contribution in [0.15, 0.2) is 167 Å². The van der Waals surface area contributed by atoms with Gasteiger partial charge in [-0.2, -0.15) is 0 Å². The highest BCUT2D eigenvalue weighted by Gasteiger charge is 2.25. The quantitative estimate of drug-likeness (QED) is 0.189. The number of benzene rings is 7. The van der Waals surface area contributed by atoms with E-state index >= 15 is 0 Å². The van der Waals surface area contributed by atoms with Gasteiger partial charge in [0.15, 0.2) is 5.58 Å². The van der Waals surface area contributed by atoms with Crippen LogP contribution in [0.5, 0.6) is 0 Å². The molecule has 3 aromatic heterocycles. The molecule has 10 rings (SSSR count). The summed E-state index contributed by atoms with van der Waals surface area (Å²) in [5.41, 5.74) is 9.74. The van der Waals surface area contributed by atoms with Gasteiger partial charge in [-0.1, -0.05) is 103 Å². The van der Waals surface area contributed by atoms with Gasteiger partial charge in [-0.3, -0.25) is 0 Å². The van der Waals surface area contributed by atoms with Crippen LogP contribution in [-0.4, -0.2) is 4.98 Å². The van der Waals surface area contributed by atoms with Gasteiger partial charge in [0.1, 0.15) is 16.7 Å². The normalized spacial score (nSPS) is 11.8. The third kappa shape index (κ3) is 4.18. The molecule has 0 atom stereocenters. The fraction of sp³-hybridized carbons (Fsp3) is 0. The molecule has 0 N–H and O–H groups in total. The van der Waals surface area contributed by atoms with Crippen LogP contribution in [0.2, 0.25) is 0 Å². The number of thiophene rings is 1. The number of para-hydroxylation sites is 1. The van der Waals surface area contributed by atoms with Crippen molar-refractivity contribution in [2.45, 2.75) is 0 Å². The minimum Gasteiger partial charge on any atom is -0.456 e. The first kappa shape index (κ1) is 27.0. The molecule has 0 fully saturated rings. The predicted octanol–water partition coefficient (Wildman–Crippen LogP) is 12.9. The molecule has 48 heavy (non-hydrogen) atoms. The fourth-order valence-electron chi connectivity index (χ4n) is 6.91. The van der Waals surface area contributed by atoms with Gasteiger partial charge < -0.3 is 13.7 Å². The summed E-state index contributed by atoms with van der Waals surface area (Å²) >= 11 is 1.78. The molecule has 0 saturated carbocycles. The Morgan fingerprint density at radius 3 is 1.98 bits per heavy atom. The van der Waals surface area contributed by atoms with E-state index in [1.807, 2.05) is 42.5 Å². The van der Waals surface area contributed by atoms with Gasteiger partial charge in [-0.25, -0.2) is 4.98 Å². The third-order valence-corrected chi connectivity index (χ3v) is 10.3. The Bertz CT molecular complexity index is 2780. The molecule has 3 heterocycles. The SMILES string of the molecule is c1ccc(-c2ccc(N(c3cc4nc(-c5ccccc5)oc4c4c3sc3ccccc34)c3cccc4oc5ccccc5c34)cc2)cc1.